The van der Waals surface area contributed by atoms with E-state index in [1.54, 1.807) is 12.1 Å². The number of rotatable bonds is 4. The van der Waals surface area contributed by atoms with Gasteiger partial charge in [0.2, 0.25) is 20.0 Å². The van der Waals surface area contributed by atoms with Crippen LogP contribution in [0.5, 0.6) is 0 Å². The molecule has 1 fully saturated rings. The number of fused-ring (bicyclic) bond motifs is 1. The highest BCUT2D eigenvalue weighted by atomic mass is 32.2. The van der Waals surface area contributed by atoms with Crippen molar-refractivity contribution in [1.82, 2.24) is 8.61 Å². The lowest BCUT2D eigenvalue weighted by Gasteiger charge is -2.33. The van der Waals surface area contributed by atoms with Gasteiger partial charge in [0, 0.05) is 26.2 Å². The molecule has 0 bridgehead atoms. The molecule has 29 heavy (non-hydrogen) atoms. The molecule has 0 unspecified atom stereocenters. The summed E-state index contributed by atoms with van der Waals surface area (Å²) in [4.78, 5) is 0.276. The standard InChI is InChI=1S/C20H23FN2O4S2/c21-18-6-9-19(10-7-18)28(24,25)22-11-13-23(14-12-22)29(26,27)20-8-5-16-3-1-2-4-17(16)15-20/h5-10,15H,1-4,11-14H2. The lowest BCUT2D eigenvalue weighted by atomic mass is 9.92. The highest BCUT2D eigenvalue weighted by Gasteiger charge is 2.34. The van der Waals surface area contributed by atoms with E-state index in [0.29, 0.717) is 0 Å². The number of benzene rings is 2. The molecule has 2 aromatic rings. The number of hydrogen-bond acceptors (Lipinski definition) is 4. The van der Waals surface area contributed by atoms with Crippen molar-refractivity contribution in [2.24, 2.45) is 0 Å². The lowest BCUT2D eigenvalue weighted by Crippen LogP contribution is -2.50. The molecule has 4 rings (SSSR count). The van der Waals surface area contributed by atoms with Crippen molar-refractivity contribution in [3.8, 4) is 0 Å². The van der Waals surface area contributed by atoms with Gasteiger partial charge in [-0.15, -0.1) is 0 Å². The monoisotopic (exact) mass is 438 g/mol. The van der Waals surface area contributed by atoms with E-state index in [-0.39, 0.29) is 36.0 Å². The second-order valence-electron chi connectivity index (χ2n) is 7.40. The van der Waals surface area contributed by atoms with Crippen molar-refractivity contribution in [2.45, 2.75) is 35.5 Å². The van der Waals surface area contributed by atoms with E-state index in [4.69, 9.17) is 0 Å². The van der Waals surface area contributed by atoms with Crippen LogP contribution in [0.25, 0.3) is 0 Å². The number of sulfonamides is 2. The van der Waals surface area contributed by atoms with Crippen LogP contribution in [0.15, 0.2) is 52.3 Å². The molecule has 1 aliphatic heterocycles. The molecule has 1 heterocycles. The molecule has 0 spiro atoms. The second kappa shape index (κ2) is 7.79. The maximum Gasteiger partial charge on any atom is 0.243 e. The van der Waals surface area contributed by atoms with E-state index in [9.17, 15) is 21.2 Å². The summed E-state index contributed by atoms with van der Waals surface area (Å²) in [6.07, 6.45) is 4.07. The van der Waals surface area contributed by atoms with Crippen LogP contribution in [-0.4, -0.2) is 51.6 Å². The van der Waals surface area contributed by atoms with Gasteiger partial charge in [-0.1, -0.05) is 6.07 Å². The molecule has 0 amide bonds. The average Bonchev–Trinajstić information content (AvgIpc) is 2.74. The molecule has 1 saturated heterocycles. The van der Waals surface area contributed by atoms with E-state index in [1.807, 2.05) is 6.07 Å². The Bertz CT molecular complexity index is 1110. The van der Waals surface area contributed by atoms with E-state index < -0.39 is 25.9 Å². The minimum absolute atomic E-state index is 0.00453. The van der Waals surface area contributed by atoms with Gasteiger partial charge in [0.1, 0.15) is 5.82 Å². The Hall–Kier alpha value is -1.81. The van der Waals surface area contributed by atoms with E-state index in [2.05, 4.69) is 0 Å². The van der Waals surface area contributed by atoms with Crippen molar-refractivity contribution in [1.29, 1.82) is 0 Å². The summed E-state index contributed by atoms with van der Waals surface area (Å²) in [7, 11) is -7.45. The van der Waals surface area contributed by atoms with E-state index >= 15 is 0 Å². The molecule has 9 heteroatoms. The fraction of sp³-hybridized carbons (Fsp3) is 0.400. The molecule has 0 atom stereocenters. The summed E-state index contributed by atoms with van der Waals surface area (Å²) in [6, 6.07) is 9.97. The van der Waals surface area contributed by atoms with Gasteiger partial charge in [-0.25, -0.2) is 21.2 Å². The summed E-state index contributed by atoms with van der Waals surface area (Å²) >= 11 is 0. The SMILES string of the molecule is O=S(=O)(c1ccc(F)cc1)N1CCN(S(=O)(=O)c2ccc3c(c2)CCCC3)CC1. The van der Waals surface area contributed by atoms with Gasteiger partial charge >= 0.3 is 0 Å². The molecule has 6 nitrogen and oxygen atoms in total. The molecule has 2 aliphatic rings. The topological polar surface area (TPSA) is 74.8 Å². The van der Waals surface area contributed by atoms with Crippen LogP contribution >= 0.6 is 0 Å². The summed E-state index contributed by atoms with van der Waals surface area (Å²) in [6.45, 7) is 0.285. The predicted octanol–water partition coefficient (Wildman–Crippen LogP) is 2.40. The molecule has 0 saturated carbocycles. The van der Waals surface area contributed by atoms with Gasteiger partial charge in [-0.2, -0.15) is 8.61 Å². The third kappa shape index (κ3) is 3.96. The Kier molecular flexibility index (Phi) is 5.50. The van der Waals surface area contributed by atoms with Crippen LogP contribution in [0, 0.1) is 5.82 Å². The number of hydrogen-bond donors (Lipinski definition) is 0. The van der Waals surface area contributed by atoms with E-state index in [1.165, 1.54) is 26.3 Å². The summed E-state index contributed by atoms with van der Waals surface area (Å²) < 4.78 is 67.2. The summed E-state index contributed by atoms with van der Waals surface area (Å²) in [5.74, 6) is -0.509. The summed E-state index contributed by atoms with van der Waals surface area (Å²) in [5.41, 5.74) is 2.31. The first-order chi connectivity index (χ1) is 13.8. The quantitative estimate of drug-likeness (QED) is 0.735. The minimum atomic E-state index is -3.78. The fourth-order valence-electron chi connectivity index (χ4n) is 3.93. The maximum absolute atomic E-state index is 13.1. The smallest absolute Gasteiger partial charge is 0.207 e. The number of nitrogens with zero attached hydrogens (tertiary/aromatic N) is 2. The van der Waals surface area contributed by atoms with Crippen LogP contribution in [-0.2, 0) is 32.9 Å². The minimum Gasteiger partial charge on any atom is -0.207 e. The first-order valence-corrected chi connectivity index (χ1v) is 12.5. The fourth-order valence-corrected chi connectivity index (χ4v) is 6.82. The van der Waals surface area contributed by atoms with Gasteiger partial charge in [0.15, 0.2) is 0 Å². The highest BCUT2D eigenvalue weighted by molar-refractivity contribution is 7.89. The first kappa shape index (κ1) is 20.5. The lowest BCUT2D eigenvalue weighted by molar-refractivity contribution is 0.273. The average molecular weight is 439 g/mol. The van der Waals surface area contributed by atoms with Crippen molar-refractivity contribution >= 4 is 20.0 Å². The van der Waals surface area contributed by atoms with E-state index in [0.717, 1.165) is 43.4 Å². The Morgan fingerprint density at radius 1 is 0.655 bits per heavy atom. The Balaban J connectivity index is 1.49. The molecular formula is C20H23FN2O4S2. The Morgan fingerprint density at radius 3 is 1.72 bits per heavy atom. The van der Waals surface area contributed by atoms with Gasteiger partial charge in [0.05, 0.1) is 9.79 Å². The largest absolute Gasteiger partial charge is 0.243 e. The molecule has 156 valence electrons. The van der Waals surface area contributed by atoms with Crippen molar-refractivity contribution in [3.63, 3.8) is 0 Å². The van der Waals surface area contributed by atoms with Gasteiger partial charge in [-0.3, -0.25) is 0 Å². The van der Waals surface area contributed by atoms with Gasteiger partial charge in [-0.05, 0) is 73.2 Å². The number of piperazine rings is 1. The maximum atomic E-state index is 13.1. The zero-order valence-corrected chi connectivity index (χ0v) is 17.6. The Morgan fingerprint density at radius 2 is 1.14 bits per heavy atom. The van der Waals surface area contributed by atoms with Crippen LogP contribution in [0.4, 0.5) is 4.39 Å². The van der Waals surface area contributed by atoms with Crippen LogP contribution in [0.2, 0.25) is 0 Å². The molecule has 0 radical (unpaired) electrons. The zero-order chi connectivity index (χ0) is 20.6. The van der Waals surface area contributed by atoms with Gasteiger partial charge in [0.25, 0.3) is 0 Å². The van der Waals surface area contributed by atoms with Crippen LogP contribution in [0.1, 0.15) is 24.0 Å². The third-order valence-corrected chi connectivity index (χ3v) is 9.41. The molecule has 0 N–H and O–H groups in total. The number of halogens is 1. The van der Waals surface area contributed by atoms with Crippen molar-refractivity contribution in [2.75, 3.05) is 26.2 Å². The van der Waals surface area contributed by atoms with Gasteiger partial charge < -0.3 is 0 Å². The molecular weight excluding hydrogens is 415 g/mol. The molecule has 1 aliphatic carbocycles. The normalized spacial score (nSPS) is 19.1. The highest BCUT2D eigenvalue weighted by Crippen LogP contribution is 2.27. The van der Waals surface area contributed by atoms with Crippen LogP contribution < -0.4 is 0 Å². The Labute approximate surface area is 171 Å². The second-order valence-corrected chi connectivity index (χ2v) is 11.3. The molecule has 2 aromatic carbocycles. The van der Waals surface area contributed by atoms with Crippen molar-refractivity contribution < 1.29 is 21.2 Å². The summed E-state index contributed by atoms with van der Waals surface area (Å²) in [5, 5.41) is 0. The number of aryl methyl sites for hydroxylation is 2. The van der Waals surface area contributed by atoms with Crippen molar-refractivity contribution in [3.05, 3.63) is 59.4 Å². The predicted molar refractivity (Wildman–Crippen MR) is 107 cm³/mol. The third-order valence-electron chi connectivity index (χ3n) is 5.61. The van der Waals surface area contributed by atoms with Crippen LogP contribution in [0.3, 0.4) is 0 Å². The first-order valence-electron chi connectivity index (χ1n) is 9.66. The zero-order valence-electron chi connectivity index (χ0n) is 15.9. The molecule has 0 aromatic heterocycles.